The summed E-state index contributed by atoms with van der Waals surface area (Å²) in [6.07, 6.45) is 7.96. The average Bonchev–Trinajstić information content (AvgIpc) is 2.59. The summed E-state index contributed by atoms with van der Waals surface area (Å²) in [5.74, 6) is 0.919. The monoisotopic (exact) mass is 323 g/mol. The molecule has 0 amide bonds. The predicted octanol–water partition coefficient (Wildman–Crippen LogP) is 4.45. The number of allylic oxidation sites excluding steroid dienone is 3. The third kappa shape index (κ3) is 3.69. The lowest BCUT2D eigenvalue weighted by molar-refractivity contribution is 0.235. The Morgan fingerprint density at radius 3 is 2.83 bits per heavy atom. The van der Waals surface area contributed by atoms with Gasteiger partial charge >= 0.3 is 0 Å². The van der Waals surface area contributed by atoms with E-state index in [2.05, 4.69) is 41.7 Å². The number of thiocarbonyl (C=S) groups is 1. The highest BCUT2D eigenvalue weighted by Crippen LogP contribution is 2.29. The highest BCUT2D eigenvalue weighted by Gasteiger charge is 2.21. The van der Waals surface area contributed by atoms with Gasteiger partial charge in [-0.05, 0) is 25.0 Å². The van der Waals surface area contributed by atoms with Crippen molar-refractivity contribution in [3.05, 3.63) is 66.3 Å². The van der Waals surface area contributed by atoms with Crippen LogP contribution in [0, 0.1) is 0 Å². The zero-order valence-corrected chi connectivity index (χ0v) is 14.1. The second-order valence-electron chi connectivity index (χ2n) is 5.65. The van der Waals surface area contributed by atoms with Crippen LogP contribution in [0.2, 0.25) is 0 Å². The molecule has 0 fully saturated rings. The lowest BCUT2D eigenvalue weighted by atomic mass is 9.97. The molecule has 0 unspecified atom stereocenters. The molecule has 0 heterocycles. The number of hydrogen-bond acceptors (Lipinski definition) is 3. The highest BCUT2D eigenvalue weighted by atomic mass is 32.1. The van der Waals surface area contributed by atoms with E-state index in [1.54, 1.807) is 0 Å². The van der Waals surface area contributed by atoms with Crippen molar-refractivity contribution in [2.75, 3.05) is 13.6 Å². The molecule has 2 nitrogen and oxygen atoms in total. The number of rotatable bonds is 6. The van der Waals surface area contributed by atoms with E-state index < -0.39 is 0 Å². The minimum absolute atomic E-state index is 0.0225. The molecule has 1 N–H and O–H groups in total. The molecule has 1 aliphatic rings. The van der Waals surface area contributed by atoms with Crippen LogP contribution >= 0.6 is 12.2 Å². The van der Waals surface area contributed by atoms with E-state index >= 15 is 0 Å². The van der Waals surface area contributed by atoms with Gasteiger partial charge < -0.3 is 10.1 Å². The Morgan fingerprint density at radius 1 is 1.17 bits per heavy atom. The fourth-order valence-electron chi connectivity index (χ4n) is 2.85. The molecule has 0 spiro atoms. The molecule has 118 valence electrons. The topological polar surface area (TPSA) is 21.3 Å². The fraction of sp³-hybridized carbons (Fsp3) is 0.250. The Balaban J connectivity index is 1.92. The first kappa shape index (κ1) is 15.9. The second-order valence-corrected chi connectivity index (χ2v) is 6.15. The summed E-state index contributed by atoms with van der Waals surface area (Å²) in [5, 5.41) is 5.54. The van der Waals surface area contributed by atoms with Crippen LogP contribution in [0.1, 0.15) is 12.8 Å². The van der Waals surface area contributed by atoms with Crippen molar-refractivity contribution in [2.45, 2.75) is 18.9 Å². The van der Waals surface area contributed by atoms with E-state index in [1.807, 2.05) is 31.3 Å². The lowest BCUT2D eigenvalue weighted by Crippen LogP contribution is -2.28. The maximum absolute atomic E-state index is 6.41. The molecule has 0 aliphatic heterocycles. The summed E-state index contributed by atoms with van der Waals surface area (Å²) in [6.45, 7) is 0.888. The van der Waals surface area contributed by atoms with E-state index in [4.69, 9.17) is 17.0 Å². The zero-order chi connectivity index (χ0) is 16.1. The summed E-state index contributed by atoms with van der Waals surface area (Å²) in [5.41, 5.74) is 1.13. The number of benzene rings is 2. The standard InChI is InChI=1S/C20H21NOS/c1-21-14-13-19(17-10-4-5-12-20(17)23)22-18-11-6-8-15-7-2-3-9-16(15)18/h2-11,19,21H,12-14H2,1H3/t19-/m0/s1. The third-order valence-corrected chi connectivity index (χ3v) is 4.46. The van der Waals surface area contributed by atoms with Crippen LogP contribution in [0.3, 0.4) is 0 Å². The number of ether oxygens (including phenoxy) is 1. The van der Waals surface area contributed by atoms with Gasteiger partial charge in [-0.25, -0.2) is 0 Å². The Morgan fingerprint density at radius 2 is 2.00 bits per heavy atom. The van der Waals surface area contributed by atoms with Gasteiger partial charge in [-0.15, -0.1) is 0 Å². The predicted molar refractivity (Wildman–Crippen MR) is 101 cm³/mol. The molecule has 1 atom stereocenters. The van der Waals surface area contributed by atoms with Crippen LogP contribution in [0.5, 0.6) is 5.75 Å². The first-order chi connectivity index (χ1) is 11.3. The molecule has 2 aromatic carbocycles. The van der Waals surface area contributed by atoms with Gasteiger partial charge in [-0.1, -0.05) is 66.8 Å². The Hall–Kier alpha value is -1.97. The van der Waals surface area contributed by atoms with Gasteiger partial charge in [0.2, 0.25) is 0 Å². The van der Waals surface area contributed by atoms with Crippen molar-refractivity contribution in [3.8, 4) is 5.75 Å². The van der Waals surface area contributed by atoms with Gasteiger partial charge in [-0.3, -0.25) is 0 Å². The van der Waals surface area contributed by atoms with Crippen LogP contribution in [0.4, 0.5) is 0 Å². The normalized spacial score (nSPS) is 15.5. The zero-order valence-electron chi connectivity index (χ0n) is 13.3. The quantitative estimate of drug-likeness (QED) is 0.794. The Kier molecular flexibility index (Phi) is 5.21. The molecule has 0 radical (unpaired) electrons. The molecular formula is C20H21NOS. The van der Waals surface area contributed by atoms with Crippen LogP contribution in [-0.2, 0) is 0 Å². The van der Waals surface area contributed by atoms with E-state index in [9.17, 15) is 0 Å². The summed E-state index contributed by atoms with van der Waals surface area (Å²) in [4.78, 5) is 0.980. The van der Waals surface area contributed by atoms with E-state index in [1.165, 1.54) is 5.39 Å². The van der Waals surface area contributed by atoms with Crippen molar-refractivity contribution in [1.29, 1.82) is 0 Å². The Labute approximate surface area is 142 Å². The van der Waals surface area contributed by atoms with Crippen LogP contribution in [0.25, 0.3) is 10.8 Å². The minimum Gasteiger partial charge on any atom is -0.485 e. The van der Waals surface area contributed by atoms with E-state index in [0.717, 1.165) is 41.0 Å². The molecule has 0 saturated carbocycles. The summed E-state index contributed by atoms with van der Waals surface area (Å²) >= 11 is 5.55. The first-order valence-electron chi connectivity index (χ1n) is 7.98. The third-order valence-electron chi connectivity index (χ3n) is 4.06. The number of hydrogen-bond donors (Lipinski definition) is 1. The summed E-state index contributed by atoms with van der Waals surface area (Å²) in [6, 6.07) is 14.5. The lowest BCUT2D eigenvalue weighted by Gasteiger charge is -2.24. The highest BCUT2D eigenvalue weighted by molar-refractivity contribution is 7.80. The van der Waals surface area contributed by atoms with Crippen molar-refractivity contribution in [1.82, 2.24) is 5.32 Å². The van der Waals surface area contributed by atoms with Crippen LogP contribution in [-0.4, -0.2) is 24.6 Å². The molecule has 0 aromatic heterocycles. The fourth-order valence-corrected chi connectivity index (χ4v) is 3.15. The van der Waals surface area contributed by atoms with E-state index in [-0.39, 0.29) is 6.10 Å². The maximum Gasteiger partial charge on any atom is 0.128 e. The number of fused-ring (bicyclic) bond motifs is 1. The minimum atomic E-state index is -0.0225. The first-order valence-corrected chi connectivity index (χ1v) is 8.39. The van der Waals surface area contributed by atoms with Crippen molar-refractivity contribution in [2.24, 2.45) is 0 Å². The second kappa shape index (κ2) is 7.53. The molecule has 23 heavy (non-hydrogen) atoms. The van der Waals surface area contributed by atoms with Gasteiger partial charge in [0.05, 0.1) is 0 Å². The molecule has 3 heteroatoms. The SMILES string of the molecule is CNCC[C@H](Oc1cccc2ccccc12)C1=CC=CCC1=S. The van der Waals surface area contributed by atoms with Gasteiger partial charge in [0.1, 0.15) is 11.9 Å². The smallest absolute Gasteiger partial charge is 0.128 e. The van der Waals surface area contributed by atoms with Crippen molar-refractivity contribution < 1.29 is 4.74 Å². The molecule has 3 rings (SSSR count). The van der Waals surface area contributed by atoms with Crippen LogP contribution < -0.4 is 10.1 Å². The maximum atomic E-state index is 6.41. The van der Waals surface area contributed by atoms with Gasteiger partial charge in [0.15, 0.2) is 0 Å². The van der Waals surface area contributed by atoms with Crippen LogP contribution in [0.15, 0.2) is 66.3 Å². The van der Waals surface area contributed by atoms with Gasteiger partial charge in [-0.2, -0.15) is 0 Å². The molecule has 0 saturated heterocycles. The average molecular weight is 323 g/mol. The Bertz CT molecular complexity index is 758. The van der Waals surface area contributed by atoms with Crippen molar-refractivity contribution >= 4 is 27.9 Å². The molecule has 1 aliphatic carbocycles. The van der Waals surface area contributed by atoms with E-state index in [0.29, 0.717) is 0 Å². The number of nitrogens with one attached hydrogen (secondary N) is 1. The molecule has 2 aromatic rings. The molecule has 0 bridgehead atoms. The van der Waals surface area contributed by atoms with Gasteiger partial charge in [0.25, 0.3) is 0 Å². The van der Waals surface area contributed by atoms with Gasteiger partial charge in [0, 0.05) is 28.7 Å². The summed E-state index contributed by atoms with van der Waals surface area (Å²) < 4.78 is 6.41. The van der Waals surface area contributed by atoms with Crippen molar-refractivity contribution in [3.63, 3.8) is 0 Å². The molecular weight excluding hydrogens is 302 g/mol. The summed E-state index contributed by atoms with van der Waals surface area (Å²) in [7, 11) is 1.96. The largest absolute Gasteiger partial charge is 0.485 e.